The SMILES string of the molecule is COc1ccc(N2C(=S)N[C@@H](c3ccccn3)[C@@H]2c2cc(C)n(-c3cccc(C(=O)O)c3)c2C)cc1Cl. The Morgan fingerprint density at radius 3 is 2.57 bits per heavy atom. The lowest BCUT2D eigenvalue weighted by Crippen LogP contribution is -2.29. The molecule has 2 aromatic heterocycles. The molecule has 0 saturated carbocycles. The highest BCUT2D eigenvalue weighted by atomic mass is 35.5. The van der Waals surface area contributed by atoms with Crippen molar-refractivity contribution in [1.29, 1.82) is 0 Å². The molecule has 0 radical (unpaired) electrons. The van der Waals surface area contributed by atoms with E-state index >= 15 is 0 Å². The monoisotopic (exact) mass is 532 g/mol. The van der Waals surface area contributed by atoms with E-state index in [2.05, 4.69) is 25.8 Å². The molecule has 188 valence electrons. The predicted octanol–water partition coefficient (Wildman–Crippen LogP) is 6.03. The molecule has 1 fully saturated rings. The maximum absolute atomic E-state index is 11.6. The van der Waals surface area contributed by atoms with Gasteiger partial charge in [0.05, 0.1) is 35.5 Å². The molecule has 9 heteroatoms. The van der Waals surface area contributed by atoms with E-state index in [0.29, 0.717) is 15.9 Å². The van der Waals surface area contributed by atoms with Crippen LogP contribution in [0.2, 0.25) is 5.02 Å². The minimum absolute atomic E-state index is 0.228. The number of benzene rings is 2. The van der Waals surface area contributed by atoms with Crippen molar-refractivity contribution in [1.82, 2.24) is 14.9 Å². The van der Waals surface area contributed by atoms with E-state index in [4.69, 9.17) is 28.6 Å². The first-order valence-electron chi connectivity index (χ1n) is 11.7. The third kappa shape index (κ3) is 4.43. The number of rotatable bonds is 6. The molecular weight excluding hydrogens is 508 g/mol. The summed E-state index contributed by atoms with van der Waals surface area (Å²) in [7, 11) is 1.58. The van der Waals surface area contributed by atoms with Crippen LogP contribution in [0.25, 0.3) is 5.69 Å². The Labute approximate surface area is 225 Å². The summed E-state index contributed by atoms with van der Waals surface area (Å²) in [5.74, 6) is -0.384. The summed E-state index contributed by atoms with van der Waals surface area (Å²) in [4.78, 5) is 18.3. The number of nitrogens with one attached hydrogen (secondary N) is 1. The Morgan fingerprint density at radius 2 is 1.89 bits per heavy atom. The topological polar surface area (TPSA) is 79.6 Å². The molecule has 0 unspecified atom stereocenters. The average molecular weight is 533 g/mol. The average Bonchev–Trinajstić information content (AvgIpc) is 3.39. The Bertz CT molecular complexity index is 1500. The second-order valence-corrected chi connectivity index (χ2v) is 9.63. The van der Waals surface area contributed by atoms with E-state index in [0.717, 1.165) is 34.0 Å². The number of carboxylic acids is 1. The zero-order valence-electron chi connectivity index (χ0n) is 20.5. The van der Waals surface area contributed by atoms with Crippen LogP contribution in [-0.4, -0.2) is 32.8 Å². The first kappa shape index (κ1) is 24.8. The van der Waals surface area contributed by atoms with Crippen LogP contribution in [0.15, 0.2) is 72.9 Å². The van der Waals surface area contributed by atoms with Gasteiger partial charge in [-0.15, -0.1) is 0 Å². The fraction of sp³-hybridized carbons (Fsp3) is 0.179. The number of aryl methyl sites for hydroxylation is 1. The molecule has 2 N–H and O–H groups in total. The van der Waals surface area contributed by atoms with Crippen molar-refractivity contribution in [2.75, 3.05) is 12.0 Å². The fourth-order valence-electron chi connectivity index (χ4n) is 5.02. The summed E-state index contributed by atoms with van der Waals surface area (Å²) in [6.07, 6.45) is 1.77. The lowest BCUT2D eigenvalue weighted by atomic mass is 9.96. The second kappa shape index (κ2) is 9.88. The Balaban J connectivity index is 1.68. The minimum atomic E-state index is -0.965. The molecule has 0 bridgehead atoms. The summed E-state index contributed by atoms with van der Waals surface area (Å²) >= 11 is 12.3. The van der Waals surface area contributed by atoms with Crippen LogP contribution >= 0.6 is 23.8 Å². The number of carboxylic acid groups (broad SMARTS) is 1. The number of pyridine rings is 1. The molecule has 4 aromatic rings. The van der Waals surface area contributed by atoms with Crippen molar-refractivity contribution < 1.29 is 14.6 Å². The largest absolute Gasteiger partial charge is 0.495 e. The van der Waals surface area contributed by atoms with E-state index in [9.17, 15) is 9.90 Å². The molecule has 0 amide bonds. The smallest absolute Gasteiger partial charge is 0.335 e. The zero-order valence-corrected chi connectivity index (χ0v) is 22.0. The van der Waals surface area contributed by atoms with Crippen molar-refractivity contribution in [2.45, 2.75) is 25.9 Å². The number of halogens is 1. The molecule has 2 atom stereocenters. The van der Waals surface area contributed by atoms with Crippen LogP contribution in [0, 0.1) is 13.8 Å². The van der Waals surface area contributed by atoms with Gasteiger partial charge >= 0.3 is 5.97 Å². The maximum Gasteiger partial charge on any atom is 0.335 e. The van der Waals surface area contributed by atoms with Gasteiger partial charge < -0.3 is 24.6 Å². The van der Waals surface area contributed by atoms with Crippen LogP contribution in [0.3, 0.4) is 0 Å². The summed E-state index contributed by atoms with van der Waals surface area (Å²) in [6.45, 7) is 4.04. The molecular formula is C28H25ClN4O3S. The lowest BCUT2D eigenvalue weighted by Gasteiger charge is -2.28. The molecule has 0 spiro atoms. The predicted molar refractivity (Wildman–Crippen MR) is 148 cm³/mol. The molecule has 1 saturated heterocycles. The third-order valence-electron chi connectivity index (χ3n) is 6.65. The normalized spacial score (nSPS) is 17.1. The van der Waals surface area contributed by atoms with Crippen molar-refractivity contribution in [3.8, 4) is 11.4 Å². The molecule has 0 aliphatic carbocycles. The number of nitrogens with zero attached hydrogens (tertiary/aromatic N) is 3. The second-order valence-electron chi connectivity index (χ2n) is 8.83. The van der Waals surface area contributed by atoms with Gasteiger partial charge in [0, 0.05) is 29.0 Å². The van der Waals surface area contributed by atoms with Crippen LogP contribution in [0.1, 0.15) is 45.1 Å². The molecule has 5 rings (SSSR count). The Kier molecular flexibility index (Phi) is 6.62. The van der Waals surface area contributed by atoms with Gasteiger partial charge in [0.2, 0.25) is 0 Å². The van der Waals surface area contributed by atoms with Gasteiger partial charge in [-0.3, -0.25) is 4.98 Å². The van der Waals surface area contributed by atoms with Crippen molar-refractivity contribution in [3.05, 3.63) is 106 Å². The van der Waals surface area contributed by atoms with Crippen LogP contribution in [0.5, 0.6) is 5.75 Å². The van der Waals surface area contributed by atoms with Gasteiger partial charge in [-0.1, -0.05) is 23.7 Å². The lowest BCUT2D eigenvalue weighted by molar-refractivity contribution is 0.0697. The summed E-state index contributed by atoms with van der Waals surface area (Å²) in [6, 6.07) is 20.0. The number of carbonyl (C=O) groups is 1. The minimum Gasteiger partial charge on any atom is -0.495 e. The van der Waals surface area contributed by atoms with E-state index < -0.39 is 5.97 Å². The van der Waals surface area contributed by atoms with Crippen LogP contribution in [0.4, 0.5) is 5.69 Å². The highest BCUT2D eigenvalue weighted by Crippen LogP contribution is 2.45. The Hall–Kier alpha value is -3.88. The number of thiocarbonyl (C=S) groups is 1. The number of anilines is 1. The molecule has 1 aliphatic rings. The highest BCUT2D eigenvalue weighted by Gasteiger charge is 2.42. The number of hydrogen-bond donors (Lipinski definition) is 2. The van der Waals surface area contributed by atoms with E-state index in [1.165, 1.54) is 0 Å². The van der Waals surface area contributed by atoms with E-state index in [-0.39, 0.29) is 17.6 Å². The molecule has 2 aromatic carbocycles. The number of aromatic carboxylic acids is 1. The summed E-state index contributed by atoms with van der Waals surface area (Å²) < 4.78 is 7.42. The first-order valence-corrected chi connectivity index (χ1v) is 12.5. The van der Waals surface area contributed by atoms with Gasteiger partial charge in [0.1, 0.15) is 5.75 Å². The summed E-state index contributed by atoms with van der Waals surface area (Å²) in [5.41, 5.74) is 5.67. The fourth-order valence-corrected chi connectivity index (χ4v) is 5.61. The van der Waals surface area contributed by atoms with Gasteiger partial charge in [0.25, 0.3) is 0 Å². The number of aromatic nitrogens is 2. The first-order chi connectivity index (χ1) is 17.8. The molecule has 1 aliphatic heterocycles. The maximum atomic E-state index is 11.6. The van der Waals surface area contributed by atoms with Crippen molar-refractivity contribution >= 4 is 40.6 Å². The molecule has 7 nitrogen and oxygen atoms in total. The van der Waals surface area contributed by atoms with Crippen molar-refractivity contribution in [3.63, 3.8) is 0 Å². The summed E-state index contributed by atoms with van der Waals surface area (Å²) in [5, 5.41) is 14.0. The van der Waals surface area contributed by atoms with Gasteiger partial charge in [-0.2, -0.15) is 0 Å². The van der Waals surface area contributed by atoms with Crippen LogP contribution in [-0.2, 0) is 0 Å². The number of ether oxygens (including phenoxy) is 1. The third-order valence-corrected chi connectivity index (χ3v) is 7.26. The van der Waals surface area contributed by atoms with Gasteiger partial charge in [-0.25, -0.2) is 4.79 Å². The van der Waals surface area contributed by atoms with Crippen molar-refractivity contribution in [2.24, 2.45) is 0 Å². The quantitative estimate of drug-likeness (QED) is 0.294. The van der Waals surface area contributed by atoms with E-state index in [1.54, 1.807) is 31.5 Å². The molecule has 3 heterocycles. The number of methoxy groups -OCH3 is 1. The van der Waals surface area contributed by atoms with E-state index in [1.807, 2.05) is 56.3 Å². The zero-order chi connectivity index (χ0) is 26.3. The number of hydrogen-bond acceptors (Lipinski definition) is 4. The standard InChI is InChI=1S/C28H25ClN4O3S/c1-16-13-21(17(2)32(16)19-8-6-7-18(14-19)27(34)35)26-25(23-9-4-5-12-30-23)31-28(37)33(26)20-10-11-24(36-3)22(29)15-20/h4-15,25-26H,1-3H3,(H,31,37)(H,34,35)/t25-,26-/m0/s1. The Morgan fingerprint density at radius 1 is 1.08 bits per heavy atom. The van der Waals surface area contributed by atoms with Gasteiger partial charge in [-0.05, 0) is 86.2 Å². The highest BCUT2D eigenvalue weighted by molar-refractivity contribution is 7.80. The van der Waals surface area contributed by atoms with Gasteiger partial charge in [0.15, 0.2) is 5.11 Å². The van der Waals surface area contributed by atoms with Crippen LogP contribution < -0.4 is 15.0 Å². The molecule has 37 heavy (non-hydrogen) atoms.